The lowest BCUT2D eigenvalue weighted by molar-refractivity contribution is -0.136. The molecule has 0 aromatic rings. The molecule has 0 saturated carbocycles. The summed E-state index contributed by atoms with van der Waals surface area (Å²) in [4.78, 5) is 10.3. The summed E-state index contributed by atoms with van der Waals surface area (Å²) in [6.45, 7) is 2.15. The third kappa shape index (κ3) is 19.9. The van der Waals surface area contributed by atoms with Gasteiger partial charge in [0.2, 0.25) is 0 Å². The van der Waals surface area contributed by atoms with Crippen LogP contribution < -0.4 is 0 Å². The molecule has 0 aliphatic heterocycles. The molecule has 0 amide bonds. The molecule has 0 spiro atoms. The van der Waals surface area contributed by atoms with Crippen LogP contribution in [-0.4, -0.2) is 11.1 Å². The fourth-order valence-electron chi connectivity index (χ4n) is 1.86. The van der Waals surface area contributed by atoms with Crippen LogP contribution >= 0.6 is 0 Å². The van der Waals surface area contributed by atoms with Crippen LogP contribution in [0.5, 0.6) is 0 Å². The van der Waals surface area contributed by atoms with E-state index in [2.05, 4.69) is 67.7 Å². The number of unbranched alkanes of at least 4 members (excludes halogenated alkanes) is 2. The van der Waals surface area contributed by atoms with Crippen molar-refractivity contribution in [1.29, 1.82) is 0 Å². The number of carboxylic acid groups (broad SMARTS) is 1. The van der Waals surface area contributed by atoms with Gasteiger partial charge in [0, 0.05) is 6.42 Å². The van der Waals surface area contributed by atoms with E-state index in [4.69, 9.17) is 5.11 Å². The molecule has 0 aliphatic carbocycles. The normalized spacial score (nSPS) is 13.0. The highest BCUT2D eigenvalue weighted by molar-refractivity contribution is 5.66. The summed E-state index contributed by atoms with van der Waals surface area (Å²) in [5.41, 5.74) is 0. The summed E-state index contributed by atoms with van der Waals surface area (Å²) < 4.78 is 0. The lowest BCUT2D eigenvalue weighted by atomic mass is 10.2. The number of hydrogen-bond donors (Lipinski definition) is 1. The van der Waals surface area contributed by atoms with Crippen LogP contribution in [0.15, 0.2) is 72.9 Å². The second-order valence-electron chi connectivity index (χ2n) is 5.39. The smallest absolute Gasteiger partial charge is 0.303 e. The van der Waals surface area contributed by atoms with Crippen molar-refractivity contribution in [3.63, 3.8) is 0 Å². The largest absolute Gasteiger partial charge is 0.481 e. The van der Waals surface area contributed by atoms with Crippen LogP contribution in [0.3, 0.4) is 0 Å². The Balaban J connectivity index is 3.52. The van der Waals surface area contributed by atoms with Crippen LogP contribution in [0.1, 0.15) is 58.3 Å². The van der Waals surface area contributed by atoms with E-state index in [1.807, 2.05) is 12.2 Å². The van der Waals surface area contributed by atoms with E-state index in [0.717, 1.165) is 38.5 Å². The zero-order chi connectivity index (χ0) is 17.7. The Kier molecular flexibility index (Phi) is 17.3. The molecule has 1 N–H and O–H groups in total. The van der Waals surface area contributed by atoms with Crippen molar-refractivity contribution >= 4 is 5.97 Å². The third-order valence-electron chi connectivity index (χ3n) is 3.14. The zero-order valence-corrected chi connectivity index (χ0v) is 14.9. The molecule has 0 atom stereocenters. The molecule has 132 valence electrons. The van der Waals surface area contributed by atoms with Gasteiger partial charge in [-0.05, 0) is 44.9 Å². The molecule has 0 aromatic heterocycles. The van der Waals surface area contributed by atoms with E-state index in [9.17, 15) is 4.79 Å². The SMILES string of the molecule is CC/C=C/CC/C=C/C=C/C=C/CC/C=C/C/C=C/CCC(=O)O. The predicted octanol–water partition coefficient (Wildman–Crippen LogP) is 6.55. The highest BCUT2D eigenvalue weighted by Gasteiger charge is 1.90. The first-order chi connectivity index (χ1) is 11.8. The van der Waals surface area contributed by atoms with Crippen molar-refractivity contribution < 1.29 is 9.90 Å². The fourth-order valence-corrected chi connectivity index (χ4v) is 1.86. The highest BCUT2D eigenvalue weighted by Crippen LogP contribution is 1.98. The predicted molar refractivity (Wildman–Crippen MR) is 105 cm³/mol. The third-order valence-corrected chi connectivity index (χ3v) is 3.14. The van der Waals surface area contributed by atoms with Gasteiger partial charge < -0.3 is 5.11 Å². The lowest BCUT2D eigenvalue weighted by Crippen LogP contribution is -1.91. The van der Waals surface area contributed by atoms with Crippen molar-refractivity contribution in [2.75, 3.05) is 0 Å². The van der Waals surface area contributed by atoms with Crippen molar-refractivity contribution in [2.24, 2.45) is 0 Å². The summed E-state index contributed by atoms with van der Waals surface area (Å²) in [6, 6.07) is 0. The van der Waals surface area contributed by atoms with Gasteiger partial charge in [0.25, 0.3) is 0 Å². The van der Waals surface area contributed by atoms with Crippen LogP contribution in [0, 0.1) is 0 Å². The first-order valence-electron chi connectivity index (χ1n) is 8.92. The van der Waals surface area contributed by atoms with Crippen molar-refractivity contribution in [1.82, 2.24) is 0 Å². The van der Waals surface area contributed by atoms with Gasteiger partial charge >= 0.3 is 5.97 Å². The molecular weight excluding hydrogens is 296 g/mol. The first kappa shape index (κ1) is 21.9. The Morgan fingerprint density at radius 3 is 1.71 bits per heavy atom. The lowest BCUT2D eigenvalue weighted by Gasteiger charge is -1.88. The van der Waals surface area contributed by atoms with Crippen molar-refractivity contribution in [3.05, 3.63) is 72.9 Å². The molecular formula is C22H32O2. The van der Waals surface area contributed by atoms with Gasteiger partial charge in [-0.15, -0.1) is 0 Å². The maximum absolute atomic E-state index is 10.3. The minimum atomic E-state index is -0.740. The standard InChI is InChI=1S/C22H32O2/c1-2-3-4-5-6-7-8-9-10-11-12-13-14-15-16-17-18-19-20-21-22(23)24/h3-4,7-12,15-16,18-19H,2,5-6,13-14,17,20-21H2,1H3,(H,23,24)/b4-3+,8-7+,10-9+,12-11+,16-15+,19-18+. The molecule has 2 heteroatoms. The molecule has 0 bridgehead atoms. The van der Waals surface area contributed by atoms with Crippen molar-refractivity contribution in [2.45, 2.75) is 58.3 Å². The van der Waals surface area contributed by atoms with E-state index in [1.165, 1.54) is 0 Å². The Morgan fingerprint density at radius 1 is 0.667 bits per heavy atom. The molecule has 0 aromatic carbocycles. The molecule has 2 nitrogen and oxygen atoms in total. The van der Waals surface area contributed by atoms with Gasteiger partial charge in [-0.2, -0.15) is 0 Å². The van der Waals surface area contributed by atoms with Gasteiger partial charge in [0.15, 0.2) is 0 Å². The maximum atomic E-state index is 10.3. The number of hydrogen-bond acceptors (Lipinski definition) is 1. The first-order valence-corrected chi connectivity index (χ1v) is 8.92. The summed E-state index contributed by atoms with van der Waals surface area (Å²) in [6.07, 6.45) is 32.4. The molecule has 0 unspecified atom stereocenters. The van der Waals surface area contributed by atoms with Gasteiger partial charge in [0.05, 0.1) is 0 Å². The molecule has 0 saturated heterocycles. The Morgan fingerprint density at radius 2 is 1.17 bits per heavy atom. The summed E-state index contributed by atoms with van der Waals surface area (Å²) in [5, 5.41) is 8.49. The van der Waals surface area contributed by atoms with Gasteiger partial charge in [-0.1, -0.05) is 79.8 Å². The van der Waals surface area contributed by atoms with E-state index < -0.39 is 5.97 Å². The van der Waals surface area contributed by atoms with Crippen LogP contribution in [-0.2, 0) is 4.79 Å². The maximum Gasteiger partial charge on any atom is 0.303 e. The quantitative estimate of drug-likeness (QED) is 0.223. The summed E-state index contributed by atoms with van der Waals surface area (Å²) in [7, 11) is 0. The Labute approximate surface area is 147 Å². The Hall–Kier alpha value is -2.09. The topological polar surface area (TPSA) is 37.3 Å². The number of rotatable bonds is 14. The molecule has 0 radical (unpaired) electrons. The second-order valence-corrected chi connectivity index (χ2v) is 5.39. The second kappa shape index (κ2) is 19.0. The van der Waals surface area contributed by atoms with Crippen molar-refractivity contribution in [3.8, 4) is 0 Å². The van der Waals surface area contributed by atoms with E-state index in [1.54, 1.807) is 0 Å². The molecule has 24 heavy (non-hydrogen) atoms. The van der Waals surface area contributed by atoms with Crippen LogP contribution in [0.25, 0.3) is 0 Å². The van der Waals surface area contributed by atoms with E-state index in [0.29, 0.717) is 6.42 Å². The number of aliphatic carboxylic acids is 1. The summed E-state index contributed by atoms with van der Waals surface area (Å²) >= 11 is 0. The molecule has 0 rings (SSSR count). The summed E-state index contributed by atoms with van der Waals surface area (Å²) in [5.74, 6) is -0.740. The highest BCUT2D eigenvalue weighted by atomic mass is 16.4. The van der Waals surface area contributed by atoms with Crippen LogP contribution in [0.2, 0.25) is 0 Å². The number of carboxylic acids is 1. The van der Waals surface area contributed by atoms with Gasteiger partial charge in [0.1, 0.15) is 0 Å². The monoisotopic (exact) mass is 328 g/mol. The molecule has 0 fully saturated rings. The average molecular weight is 328 g/mol. The molecule has 0 heterocycles. The number of allylic oxidation sites excluding steroid dienone is 12. The average Bonchev–Trinajstić information content (AvgIpc) is 2.56. The van der Waals surface area contributed by atoms with Crippen LogP contribution in [0.4, 0.5) is 0 Å². The van der Waals surface area contributed by atoms with Gasteiger partial charge in [-0.25, -0.2) is 0 Å². The minimum Gasteiger partial charge on any atom is -0.481 e. The van der Waals surface area contributed by atoms with E-state index in [-0.39, 0.29) is 6.42 Å². The number of carbonyl (C=O) groups is 1. The Bertz CT molecular complexity index is 462. The van der Waals surface area contributed by atoms with Gasteiger partial charge in [-0.3, -0.25) is 4.79 Å². The van der Waals surface area contributed by atoms with E-state index >= 15 is 0 Å². The zero-order valence-electron chi connectivity index (χ0n) is 14.9. The fraction of sp³-hybridized carbons (Fsp3) is 0.409. The minimum absolute atomic E-state index is 0.212. The molecule has 0 aliphatic rings.